The van der Waals surface area contributed by atoms with Gasteiger partial charge in [0, 0.05) is 12.0 Å². The summed E-state index contributed by atoms with van der Waals surface area (Å²) in [6, 6.07) is 28.6. The fraction of sp³-hybridized carbons (Fsp3) is 0.455. The van der Waals surface area contributed by atoms with Gasteiger partial charge in [0.15, 0.2) is 0 Å². The Labute approximate surface area is 247 Å². The number of unbranched alkanes of at least 4 members (excludes halogenated alkanes) is 2. The largest absolute Gasteiger partial charge is 0.633 e. The minimum Gasteiger partial charge on any atom is -0.402 e. The highest BCUT2D eigenvalue weighted by Crippen LogP contribution is 2.43. The average molecular weight is 591 g/mol. The molecule has 0 radical (unpaired) electrons. The van der Waals surface area contributed by atoms with Crippen molar-refractivity contribution in [2.24, 2.45) is 0 Å². The summed E-state index contributed by atoms with van der Waals surface area (Å²) in [5, 5.41) is 22.6. The maximum atomic E-state index is 9.06. The Hall–Kier alpha value is -1.74. The first-order valence-electron chi connectivity index (χ1n) is 14.9. The molecule has 2 N–H and O–H groups in total. The van der Waals surface area contributed by atoms with E-state index in [1.165, 1.54) is 32.3 Å². The van der Waals surface area contributed by atoms with Crippen LogP contribution in [0.25, 0.3) is 0 Å². The summed E-state index contributed by atoms with van der Waals surface area (Å²) in [6.45, 7) is 22.0. The van der Waals surface area contributed by atoms with E-state index in [1.54, 1.807) is 0 Å². The van der Waals surface area contributed by atoms with Gasteiger partial charge in [-0.2, -0.15) is 0 Å². The normalized spacial score (nSPS) is 13.0. The van der Waals surface area contributed by atoms with Crippen LogP contribution in [-0.2, 0) is 10.1 Å². The van der Waals surface area contributed by atoms with Crippen LogP contribution >= 0.6 is 0 Å². The second-order valence-electron chi connectivity index (χ2n) is 14.4. The van der Waals surface area contributed by atoms with Crippen LogP contribution in [0.2, 0.25) is 58.9 Å². The fourth-order valence-electron chi connectivity index (χ4n) is 5.55. The Morgan fingerprint density at radius 2 is 0.850 bits per heavy atom. The van der Waals surface area contributed by atoms with Gasteiger partial charge in [0.05, 0.1) is 24.2 Å². The van der Waals surface area contributed by atoms with Gasteiger partial charge in [0.1, 0.15) is 0 Å². The quantitative estimate of drug-likeness (QED) is 0.142. The van der Waals surface area contributed by atoms with Gasteiger partial charge in [-0.25, -0.2) is 0 Å². The maximum absolute atomic E-state index is 9.06. The minimum absolute atomic E-state index is 0.273. The van der Waals surface area contributed by atoms with Crippen molar-refractivity contribution in [1.29, 1.82) is 0 Å². The molecule has 0 aliphatic carbocycles. The van der Waals surface area contributed by atoms with Crippen molar-refractivity contribution in [1.82, 2.24) is 0 Å². The lowest BCUT2D eigenvalue weighted by Gasteiger charge is -2.37. The Kier molecular flexibility index (Phi) is 10.7. The van der Waals surface area contributed by atoms with Crippen LogP contribution in [0.3, 0.4) is 0 Å². The molecule has 0 saturated carbocycles. The molecule has 7 heteroatoms. The Morgan fingerprint density at radius 1 is 0.525 bits per heavy atom. The molecule has 0 fully saturated rings. The standard InChI is InChI=1S/C33H51BO3Si3/c1-38(2,3)30-19-13-27(14-20-30)33(25-11-10-12-26-37-34(35)36,28-15-21-31(22-16-28)39(4,5)6)29-17-23-32(24-18-29)40(7,8)9/h13-24,35-36H,10-12,25-26H2,1-9H3. The van der Waals surface area contributed by atoms with Crippen molar-refractivity contribution in [2.45, 2.75) is 90.0 Å². The van der Waals surface area contributed by atoms with E-state index in [1.807, 2.05) is 0 Å². The van der Waals surface area contributed by atoms with Gasteiger partial charge >= 0.3 is 7.32 Å². The third kappa shape index (κ3) is 8.17. The average Bonchev–Trinajstić information content (AvgIpc) is 2.87. The zero-order valence-electron chi connectivity index (χ0n) is 26.3. The van der Waals surface area contributed by atoms with Gasteiger partial charge in [0.2, 0.25) is 0 Å². The van der Waals surface area contributed by atoms with E-state index in [-0.39, 0.29) is 5.41 Å². The van der Waals surface area contributed by atoms with E-state index in [2.05, 4.69) is 132 Å². The number of hydrogen-bond acceptors (Lipinski definition) is 3. The lowest BCUT2D eigenvalue weighted by Crippen LogP contribution is -2.39. The third-order valence-corrected chi connectivity index (χ3v) is 14.4. The monoisotopic (exact) mass is 590 g/mol. The summed E-state index contributed by atoms with van der Waals surface area (Å²) in [4.78, 5) is 0. The number of hydrogen-bond donors (Lipinski definition) is 2. The van der Waals surface area contributed by atoms with E-state index < -0.39 is 31.5 Å². The lowest BCUT2D eigenvalue weighted by molar-refractivity contribution is 0.181. The van der Waals surface area contributed by atoms with E-state index in [0.29, 0.717) is 6.61 Å². The minimum atomic E-state index is -1.70. The summed E-state index contributed by atoms with van der Waals surface area (Å²) < 4.78 is 4.99. The summed E-state index contributed by atoms with van der Waals surface area (Å²) in [5.41, 5.74) is 3.76. The van der Waals surface area contributed by atoms with Gasteiger partial charge in [-0.3, -0.25) is 0 Å². The summed E-state index contributed by atoms with van der Waals surface area (Å²) in [6.07, 6.45) is 3.73. The predicted molar refractivity (Wildman–Crippen MR) is 183 cm³/mol. The highest BCUT2D eigenvalue weighted by Gasteiger charge is 2.37. The molecule has 216 valence electrons. The van der Waals surface area contributed by atoms with Gasteiger partial charge in [-0.1, -0.05) is 160 Å². The molecule has 0 atom stereocenters. The van der Waals surface area contributed by atoms with Crippen molar-refractivity contribution >= 4 is 47.1 Å². The van der Waals surface area contributed by atoms with Gasteiger partial charge in [0.25, 0.3) is 0 Å². The zero-order chi connectivity index (χ0) is 29.8. The van der Waals surface area contributed by atoms with Gasteiger partial charge < -0.3 is 14.7 Å². The van der Waals surface area contributed by atoms with Crippen LogP contribution < -0.4 is 15.6 Å². The van der Waals surface area contributed by atoms with E-state index >= 15 is 0 Å². The molecule has 3 rings (SSSR count). The van der Waals surface area contributed by atoms with Crippen molar-refractivity contribution in [3.05, 3.63) is 89.5 Å². The lowest BCUT2D eigenvalue weighted by atomic mass is 9.66. The van der Waals surface area contributed by atoms with Crippen LogP contribution in [0, 0.1) is 0 Å². The molecule has 0 saturated heterocycles. The van der Waals surface area contributed by atoms with Gasteiger partial charge in [-0.15, -0.1) is 0 Å². The van der Waals surface area contributed by atoms with Crippen molar-refractivity contribution in [2.75, 3.05) is 6.61 Å². The van der Waals surface area contributed by atoms with Crippen molar-refractivity contribution < 1.29 is 14.7 Å². The number of rotatable bonds is 13. The molecule has 3 aromatic rings. The summed E-state index contributed by atoms with van der Waals surface area (Å²) in [7, 11) is -5.97. The topological polar surface area (TPSA) is 49.7 Å². The van der Waals surface area contributed by atoms with Gasteiger partial charge in [-0.05, 0) is 29.5 Å². The van der Waals surface area contributed by atoms with Crippen LogP contribution in [0.4, 0.5) is 0 Å². The third-order valence-electron chi connectivity index (χ3n) is 8.19. The Bertz CT molecular complexity index is 1070. The van der Waals surface area contributed by atoms with Crippen LogP contribution in [-0.4, -0.2) is 48.2 Å². The van der Waals surface area contributed by atoms with E-state index in [0.717, 1.165) is 25.7 Å². The van der Waals surface area contributed by atoms with Crippen molar-refractivity contribution in [3.8, 4) is 0 Å². The molecule has 0 heterocycles. The highest BCUT2D eigenvalue weighted by molar-refractivity contribution is 6.89. The molecular weight excluding hydrogens is 539 g/mol. The second-order valence-corrected chi connectivity index (χ2v) is 29.6. The highest BCUT2D eigenvalue weighted by atomic mass is 28.3. The van der Waals surface area contributed by atoms with Crippen LogP contribution in [0.1, 0.15) is 42.4 Å². The molecule has 3 aromatic carbocycles. The molecule has 40 heavy (non-hydrogen) atoms. The molecule has 0 aliphatic rings. The first-order valence-corrected chi connectivity index (χ1v) is 25.4. The molecule has 0 unspecified atom stereocenters. The Morgan fingerprint density at radius 3 is 1.12 bits per heavy atom. The number of benzene rings is 3. The zero-order valence-corrected chi connectivity index (χ0v) is 29.3. The molecule has 0 bridgehead atoms. The molecule has 3 nitrogen and oxygen atoms in total. The second kappa shape index (κ2) is 13.1. The van der Waals surface area contributed by atoms with Crippen LogP contribution in [0.5, 0.6) is 0 Å². The summed E-state index contributed by atoms with van der Waals surface area (Å²) >= 11 is 0. The van der Waals surface area contributed by atoms with Crippen LogP contribution in [0.15, 0.2) is 72.8 Å². The molecule has 0 amide bonds. The molecule has 0 aliphatic heterocycles. The van der Waals surface area contributed by atoms with Crippen molar-refractivity contribution in [3.63, 3.8) is 0 Å². The summed E-state index contributed by atoms with van der Waals surface area (Å²) in [5.74, 6) is 0. The first-order chi connectivity index (χ1) is 18.5. The smallest absolute Gasteiger partial charge is 0.402 e. The van der Waals surface area contributed by atoms with E-state index in [4.69, 9.17) is 14.7 Å². The molecular formula is C33H51BO3Si3. The predicted octanol–water partition coefficient (Wildman–Crippen LogP) is 6.20. The maximum Gasteiger partial charge on any atom is 0.633 e. The Balaban J connectivity index is 2.17. The molecule has 0 spiro atoms. The SMILES string of the molecule is C[Si](C)(C)c1ccc(C(CCCCCOB(O)O)(c2ccc([Si](C)(C)C)cc2)c2ccc([Si](C)(C)C)cc2)cc1. The first kappa shape index (κ1) is 32.8. The fourth-order valence-corrected chi connectivity index (χ4v) is 9.05. The molecule has 0 aromatic heterocycles. The van der Waals surface area contributed by atoms with E-state index in [9.17, 15) is 0 Å².